The molecule has 2 aliphatic rings. The third-order valence-corrected chi connectivity index (χ3v) is 8.70. The molecule has 2 saturated carbocycles. The van der Waals surface area contributed by atoms with Gasteiger partial charge in [-0.15, -0.1) is 9.24 Å². The van der Waals surface area contributed by atoms with Gasteiger partial charge in [0.1, 0.15) is 5.75 Å². The van der Waals surface area contributed by atoms with E-state index in [-0.39, 0.29) is 23.8 Å². The number of hydrogen-bond donors (Lipinski definition) is 2. The molecule has 38 heavy (non-hydrogen) atoms. The van der Waals surface area contributed by atoms with Crippen LogP contribution < -0.4 is 20.7 Å². The van der Waals surface area contributed by atoms with Crippen LogP contribution in [0.2, 0.25) is 0 Å². The highest BCUT2D eigenvalue weighted by atomic mass is 31.0. The molecule has 3 aromatic rings. The Bertz CT molecular complexity index is 1340. The lowest BCUT2D eigenvalue weighted by Gasteiger charge is -2.31. The van der Waals surface area contributed by atoms with Crippen molar-refractivity contribution < 1.29 is 14.3 Å². The van der Waals surface area contributed by atoms with E-state index in [0.29, 0.717) is 23.1 Å². The van der Waals surface area contributed by atoms with Crippen molar-refractivity contribution in [1.82, 2.24) is 5.32 Å². The molecule has 5 nitrogen and oxygen atoms in total. The van der Waals surface area contributed by atoms with E-state index >= 15 is 0 Å². The lowest BCUT2D eigenvalue weighted by molar-refractivity contribution is -0.122. The highest BCUT2D eigenvalue weighted by molar-refractivity contribution is 7.28. The average molecular weight is 529 g/mol. The molecule has 0 radical (unpaired) electrons. The molecule has 2 N–H and O–H groups in total. The summed E-state index contributed by atoms with van der Waals surface area (Å²) in [6.07, 6.45) is 5.21. The van der Waals surface area contributed by atoms with Crippen LogP contribution in [0.15, 0.2) is 60.7 Å². The summed E-state index contributed by atoms with van der Waals surface area (Å²) >= 11 is 0. The third-order valence-electron chi connectivity index (χ3n) is 8.22. The summed E-state index contributed by atoms with van der Waals surface area (Å²) in [5, 5.41) is 7.35. The second-order valence-corrected chi connectivity index (χ2v) is 11.4. The van der Waals surface area contributed by atoms with Crippen LogP contribution in [0.1, 0.15) is 54.1 Å². The Morgan fingerprint density at radius 1 is 1.03 bits per heavy atom. The van der Waals surface area contributed by atoms with Crippen molar-refractivity contribution in [2.45, 2.75) is 52.0 Å². The summed E-state index contributed by atoms with van der Waals surface area (Å²) in [4.78, 5) is 27.2. The van der Waals surface area contributed by atoms with E-state index in [2.05, 4.69) is 51.1 Å². The fraction of sp³-hybridized carbons (Fsp3) is 0.375. The molecule has 0 aliphatic heterocycles. The number of rotatable bonds is 8. The Hall–Kier alpha value is -3.17. The van der Waals surface area contributed by atoms with Crippen LogP contribution in [0.4, 0.5) is 5.69 Å². The molecule has 2 aliphatic carbocycles. The number of ether oxygens (including phenoxy) is 1. The minimum absolute atomic E-state index is 0.00627. The second kappa shape index (κ2) is 11.3. The van der Waals surface area contributed by atoms with Gasteiger partial charge in [0.05, 0.1) is 18.6 Å². The fourth-order valence-corrected chi connectivity index (χ4v) is 6.79. The van der Waals surface area contributed by atoms with Crippen molar-refractivity contribution in [2.24, 2.45) is 17.8 Å². The number of aryl methyl sites for hydroxylation is 2. The predicted molar refractivity (Wildman–Crippen MR) is 157 cm³/mol. The molecule has 5 atom stereocenters. The van der Waals surface area contributed by atoms with Gasteiger partial charge in [-0.25, -0.2) is 0 Å². The number of carbonyl (C=O) groups is 2. The van der Waals surface area contributed by atoms with Crippen LogP contribution in [-0.4, -0.2) is 25.0 Å². The maximum absolute atomic E-state index is 13.7. The molecule has 2 fully saturated rings. The monoisotopic (exact) mass is 528 g/mol. The van der Waals surface area contributed by atoms with Gasteiger partial charge in [-0.05, 0) is 96.3 Å². The van der Waals surface area contributed by atoms with Crippen molar-refractivity contribution in [3.63, 3.8) is 0 Å². The van der Waals surface area contributed by atoms with Crippen molar-refractivity contribution in [1.29, 1.82) is 0 Å². The largest absolute Gasteiger partial charge is 0.496 e. The van der Waals surface area contributed by atoms with Crippen molar-refractivity contribution >= 4 is 32.0 Å². The van der Waals surface area contributed by atoms with Gasteiger partial charge in [0.2, 0.25) is 5.91 Å². The Morgan fingerprint density at radius 2 is 1.79 bits per heavy atom. The molecule has 198 valence electrons. The number of fused-ring (bicyclic) bond motifs is 2. The summed E-state index contributed by atoms with van der Waals surface area (Å²) in [5.41, 5.74) is 5.73. The fourth-order valence-electron chi connectivity index (χ4n) is 6.39. The van der Waals surface area contributed by atoms with Crippen molar-refractivity contribution in [2.75, 3.05) is 12.4 Å². The van der Waals surface area contributed by atoms with Crippen LogP contribution in [-0.2, 0) is 11.2 Å². The number of carbonyl (C=O) groups excluding carboxylic acids is 2. The van der Waals surface area contributed by atoms with E-state index in [0.717, 1.165) is 59.8 Å². The normalized spacial score (nSPS) is 21.8. The first-order chi connectivity index (χ1) is 18.4. The highest BCUT2D eigenvalue weighted by Crippen LogP contribution is 2.49. The zero-order valence-corrected chi connectivity index (χ0v) is 23.6. The number of benzene rings is 3. The Balaban J connectivity index is 1.39. The van der Waals surface area contributed by atoms with Gasteiger partial charge in [-0.1, -0.05) is 49.7 Å². The van der Waals surface area contributed by atoms with E-state index in [1.165, 1.54) is 5.56 Å². The summed E-state index contributed by atoms with van der Waals surface area (Å²) in [7, 11) is 4.36. The van der Waals surface area contributed by atoms with Crippen molar-refractivity contribution in [3.8, 4) is 16.9 Å². The molecule has 3 aromatic carbocycles. The number of methoxy groups -OCH3 is 1. The topological polar surface area (TPSA) is 67.4 Å². The number of anilines is 1. The Kier molecular flexibility index (Phi) is 7.85. The van der Waals surface area contributed by atoms with E-state index < -0.39 is 0 Å². The Labute approximate surface area is 228 Å². The number of hydrogen-bond acceptors (Lipinski definition) is 3. The lowest BCUT2D eigenvalue weighted by atomic mass is 9.83. The van der Waals surface area contributed by atoms with Gasteiger partial charge in [0, 0.05) is 11.7 Å². The summed E-state index contributed by atoms with van der Waals surface area (Å²) in [6.45, 7) is 4.19. The minimum Gasteiger partial charge on any atom is -0.496 e. The number of nitrogens with one attached hydrogen (secondary N) is 2. The molecule has 0 aromatic heterocycles. The molecule has 2 amide bonds. The molecular formula is C32H37N2O3P. The quantitative estimate of drug-likeness (QED) is 0.358. The molecule has 0 spiro atoms. The van der Waals surface area contributed by atoms with E-state index in [1.54, 1.807) is 7.11 Å². The molecule has 6 heteroatoms. The number of amides is 2. The Morgan fingerprint density at radius 3 is 2.50 bits per heavy atom. The second-order valence-electron chi connectivity index (χ2n) is 10.8. The standard InChI is InChI=1S/C32H37N2O3P/c1-4-6-20-9-11-21(12-10-20)25-17-26(27(37-3)18-28(25)38)31(35)34-30-23-14-13-22(16-23)29(30)32(36)33-24-8-5-7-19(2)15-24/h5,7-12,15,17-18,22-23,29-30H,4,6,13-14,16,38H2,1-3H3,(H,33,36)(H,34,35)/t22-,23+,29+,30-/m1/s1. The summed E-state index contributed by atoms with van der Waals surface area (Å²) < 4.78 is 5.63. The van der Waals surface area contributed by atoms with Crippen LogP contribution in [0.3, 0.4) is 0 Å². The van der Waals surface area contributed by atoms with E-state index in [9.17, 15) is 9.59 Å². The maximum atomic E-state index is 13.7. The summed E-state index contributed by atoms with van der Waals surface area (Å²) in [5.74, 6) is 0.701. The smallest absolute Gasteiger partial charge is 0.255 e. The first kappa shape index (κ1) is 26.4. The van der Waals surface area contributed by atoms with E-state index in [1.807, 2.05) is 43.3 Å². The van der Waals surface area contributed by atoms with Crippen LogP contribution in [0.25, 0.3) is 11.1 Å². The maximum Gasteiger partial charge on any atom is 0.255 e. The van der Waals surface area contributed by atoms with Crippen LogP contribution in [0, 0.1) is 24.7 Å². The van der Waals surface area contributed by atoms with Gasteiger partial charge in [-0.2, -0.15) is 0 Å². The van der Waals surface area contributed by atoms with Gasteiger partial charge >= 0.3 is 0 Å². The van der Waals surface area contributed by atoms with Crippen LogP contribution >= 0.6 is 9.24 Å². The van der Waals surface area contributed by atoms with Crippen LogP contribution in [0.5, 0.6) is 5.75 Å². The zero-order chi connectivity index (χ0) is 26.8. The molecular weight excluding hydrogens is 491 g/mol. The molecule has 5 rings (SSSR count). The molecule has 1 unspecified atom stereocenters. The molecule has 0 saturated heterocycles. The van der Waals surface area contributed by atoms with E-state index in [4.69, 9.17) is 4.74 Å². The van der Waals surface area contributed by atoms with Gasteiger partial charge in [0.25, 0.3) is 5.91 Å². The van der Waals surface area contributed by atoms with Gasteiger partial charge in [0.15, 0.2) is 0 Å². The first-order valence-corrected chi connectivity index (χ1v) is 14.2. The van der Waals surface area contributed by atoms with Gasteiger partial charge < -0.3 is 15.4 Å². The zero-order valence-electron chi connectivity index (χ0n) is 22.4. The minimum atomic E-state index is -0.240. The third kappa shape index (κ3) is 5.35. The van der Waals surface area contributed by atoms with Gasteiger partial charge in [-0.3, -0.25) is 9.59 Å². The molecule has 0 heterocycles. The SMILES string of the molecule is CCCc1ccc(-c2cc(C(=O)N[C@@H]3[C@H]4CC[C@H](C4)[C@@H]3C(=O)Nc3cccc(C)c3)c(OC)cc2P)cc1. The average Bonchev–Trinajstić information content (AvgIpc) is 3.51. The predicted octanol–water partition coefficient (Wildman–Crippen LogP) is 5.91. The highest BCUT2D eigenvalue weighted by Gasteiger charge is 2.51. The lowest BCUT2D eigenvalue weighted by Crippen LogP contribution is -2.48. The summed E-state index contributed by atoms with van der Waals surface area (Å²) in [6, 6.07) is 20.0. The first-order valence-electron chi connectivity index (χ1n) is 13.6. The molecule has 2 bridgehead atoms. The van der Waals surface area contributed by atoms with Crippen molar-refractivity contribution in [3.05, 3.63) is 77.4 Å².